The summed E-state index contributed by atoms with van der Waals surface area (Å²) in [5, 5.41) is 16.2. The number of hydrogen-bond acceptors (Lipinski definition) is 3. The predicted octanol–water partition coefficient (Wildman–Crippen LogP) is 1.81. The second kappa shape index (κ2) is 8.04. The highest BCUT2D eigenvalue weighted by Gasteiger charge is 2.09. The van der Waals surface area contributed by atoms with Gasteiger partial charge in [0.1, 0.15) is 0 Å². The van der Waals surface area contributed by atoms with E-state index in [0.29, 0.717) is 5.57 Å². The Bertz CT molecular complexity index is 340. The molecule has 0 aliphatic carbocycles. The lowest BCUT2D eigenvalue weighted by Gasteiger charge is -1.97. The number of carbonyl (C=O) groups excluding carboxylic acids is 1. The van der Waals surface area contributed by atoms with Crippen LogP contribution in [0.25, 0.3) is 0 Å². The summed E-state index contributed by atoms with van der Waals surface area (Å²) in [7, 11) is 0. The lowest BCUT2D eigenvalue weighted by molar-refractivity contribution is -0.134. The van der Waals surface area contributed by atoms with E-state index in [1.165, 1.54) is 13.8 Å². The maximum Gasteiger partial charge on any atom is 0.331 e. The number of aliphatic carboxylic acids is 2. The molecule has 94 valence electrons. The average molecular weight is 240 g/mol. The zero-order chi connectivity index (χ0) is 14.2. The molecular formula is C12H16O5. The molecule has 0 fully saturated rings. The maximum absolute atomic E-state index is 10.8. The Morgan fingerprint density at radius 1 is 0.882 bits per heavy atom. The summed E-state index contributed by atoms with van der Waals surface area (Å²) >= 11 is 0. The minimum Gasteiger partial charge on any atom is -0.478 e. The van der Waals surface area contributed by atoms with Gasteiger partial charge >= 0.3 is 11.9 Å². The highest BCUT2D eigenvalue weighted by Crippen LogP contribution is 2.03. The molecule has 17 heavy (non-hydrogen) atoms. The summed E-state index contributed by atoms with van der Waals surface area (Å²) in [6, 6.07) is 0. The Hall–Kier alpha value is -2.17. The molecule has 2 N–H and O–H groups in total. The molecule has 0 aromatic rings. The van der Waals surface area contributed by atoms with Gasteiger partial charge in [-0.2, -0.15) is 0 Å². The Morgan fingerprint density at radius 3 is 1.41 bits per heavy atom. The van der Waals surface area contributed by atoms with Gasteiger partial charge in [0.25, 0.3) is 0 Å². The summed E-state index contributed by atoms with van der Waals surface area (Å²) in [6.07, 6.45) is -0.148. The Balaban J connectivity index is 0. The highest BCUT2D eigenvalue weighted by atomic mass is 16.4. The van der Waals surface area contributed by atoms with Crippen LogP contribution in [0.1, 0.15) is 20.3 Å². The molecule has 0 radical (unpaired) electrons. The van der Waals surface area contributed by atoms with Gasteiger partial charge in [0, 0.05) is 17.6 Å². The van der Waals surface area contributed by atoms with Crippen LogP contribution in [-0.2, 0) is 14.4 Å². The second-order valence-electron chi connectivity index (χ2n) is 3.37. The van der Waals surface area contributed by atoms with Crippen LogP contribution in [-0.4, -0.2) is 27.9 Å². The smallest absolute Gasteiger partial charge is 0.331 e. The number of ketones is 1. The van der Waals surface area contributed by atoms with E-state index in [4.69, 9.17) is 10.2 Å². The molecule has 0 heterocycles. The molecule has 0 bridgehead atoms. The topological polar surface area (TPSA) is 91.7 Å². The molecule has 0 saturated heterocycles. The van der Waals surface area contributed by atoms with Crippen LogP contribution in [0, 0.1) is 0 Å². The van der Waals surface area contributed by atoms with Crippen molar-refractivity contribution >= 4 is 17.7 Å². The number of Topliss-reactive ketones (excluding diaryl/α,β-unsaturated/α-hetero) is 1. The standard InChI is InChI=1S/C8H10O3.C4H6O2/c1-5(2)7(9)4-6(3)8(10)11;1-3(2)4(5)6/h1,3-4H2,2H3,(H,10,11);1H2,2H3,(H,5,6). The number of carboxylic acids is 2. The van der Waals surface area contributed by atoms with Gasteiger partial charge in [0.15, 0.2) is 5.78 Å². The van der Waals surface area contributed by atoms with Crippen molar-refractivity contribution in [2.75, 3.05) is 0 Å². The number of hydrogen-bond donors (Lipinski definition) is 2. The van der Waals surface area contributed by atoms with E-state index < -0.39 is 11.9 Å². The third-order valence-corrected chi connectivity index (χ3v) is 1.52. The summed E-state index contributed by atoms with van der Waals surface area (Å²) in [6.45, 7) is 12.7. The second-order valence-corrected chi connectivity index (χ2v) is 3.37. The minimum atomic E-state index is -1.14. The molecule has 0 unspecified atom stereocenters. The number of rotatable bonds is 5. The zero-order valence-corrected chi connectivity index (χ0v) is 9.95. The predicted molar refractivity (Wildman–Crippen MR) is 63.7 cm³/mol. The van der Waals surface area contributed by atoms with Crippen molar-refractivity contribution in [1.29, 1.82) is 0 Å². The first-order valence-corrected chi connectivity index (χ1v) is 4.58. The van der Waals surface area contributed by atoms with Gasteiger partial charge in [-0.3, -0.25) is 4.79 Å². The Morgan fingerprint density at radius 2 is 1.24 bits per heavy atom. The lowest BCUT2D eigenvalue weighted by Crippen LogP contribution is -2.06. The molecule has 0 atom stereocenters. The van der Waals surface area contributed by atoms with Crippen LogP contribution in [0.5, 0.6) is 0 Å². The van der Waals surface area contributed by atoms with Crippen LogP contribution in [0.2, 0.25) is 0 Å². The Kier molecular flexibility index (Phi) is 8.15. The fraction of sp³-hybridized carbons (Fsp3) is 0.250. The van der Waals surface area contributed by atoms with Crippen LogP contribution >= 0.6 is 0 Å². The quantitative estimate of drug-likeness (QED) is 0.715. The number of allylic oxidation sites excluding steroid dienone is 1. The SMILES string of the molecule is C=C(C)C(=O)CC(=C)C(=O)O.C=C(C)C(=O)O. The van der Waals surface area contributed by atoms with Gasteiger partial charge in [-0.15, -0.1) is 0 Å². The molecular weight excluding hydrogens is 224 g/mol. The summed E-state index contributed by atoms with van der Waals surface area (Å²) in [5.74, 6) is -2.35. The summed E-state index contributed by atoms with van der Waals surface area (Å²) in [4.78, 5) is 30.6. The number of carbonyl (C=O) groups is 3. The molecule has 0 aliphatic heterocycles. The number of carboxylic acid groups (broad SMARTS) is 2. The monoisotopic (exact) mass is 240 g/mol. The van der Waals surface area contributed by atoms with Gasteiger partial charge < -0.3 is 10.2 Å². The summed E-state index contributed by atoms with van der Waals surface area (Å²) in [5.41, 5.74) is 0.431. The van der Waals surface area contributed by atoms with Gasteiger partial charge in [-0.25, -0.2) is 9.59 Å². The highest BCUT2D eigenvalue weighted by molar-refractivity contribution is 6.01. The molecule has 0 rings (SSSR count). The third kappa shape index (κ3) is 10.1. The Labute approximate surface area is 99.8 Å². The van der Waals surface area contributed by atoms with E-state index in [2.05, 4.69) is 19.7 Å². The van der Waals surface area contributed by atoms with E-state index in [1.54, 1.807) is 0 Å². The van der Waals surface area contributed by atoms with E-state index in [9.17, 15) is 14.4 Å². The van der Waals surface area contributed by atoms with Crippen LogP contribution in [0.3, 0.4) is 0 Å². The molecule has 5 heteroatoms. The molecule has 0 saturated carbocycles. The van der Waals surface area contributed by atoms with Gasteiger partial charge in [0.2, 0.25) is 0 Å². The van der Waals surface area contributed by atoms with Crippen molar-refractivity contribution in [3.05, 3.63) is 36.5 Å². The van der Waals surface area contributed by atoms with Crippen molar-refractivity contribution < 1.29 is 24.6 Å². The minimum absolute atomic E-state index is 0.0991. The lowest BCUT2D eigenvalue weighted by atomic mass is 10.1. The molecule has 0 aromatic heterocycles. The molecule has 0 spiro atoms. The molecule has 0 amide bonds. The van der Waals surface area contributed by atoms with Crippen molar-refractivity contribution in [1.82, 2.24) is 0 Å². The third-order valence-electron chi connectivity index (χ3n) is 1.52. The molecule has 0 aromatic carbocycles. The van der Waals surface area contributed by atoms with E-state index in [0.717, 1.165) is 0 Å². The van der Waals surface area contributed by atoms with E-state index in [1.807, 2.05) is 0 Å². The van der Waals surface area contributed by atoms with Gasteiger partial charge in [-0.1, -0.05) is 19.7 Å². The normalized spacial score (nSPS) is 8.35. The fourth-order valence-electron chi connectivity index (χ4n) is 0.420. The zero-order valence-electron chi connectivity index (χ0n) is 9.95. The largest absolute Gasteiger partial charge is 0.478 e. The first-order valence-electron chi connectivity index (χ1n) is 4.58. The van der Waals surface area contributed by atoms with Crippen LogP contribution in [0.4, 0.5) is 0 Å². The maximum atomic E-state index is 10.8. The fourth-order valence-corrected chi connectivity index (χ4v) is 0.420. The van der Waals surface area contributed by atoms with Crippen molar-refractivity contribution in [2.45, 2.75) is 20.3 Å². The van der Waals surface area contributed by atoms with Gasteiger partial charge in [0.05, 0.1) is 0 Å². The van der Waals surface area contributed by atoms with Crippen LogP contribution in [0.15, 0.2) is 36.5 Å². The van der Waals surface area contributed by atoms with E-state index in [-0.39, 0.29) is 23.4 Å². The first kappa shape index (κ1) is 17.2. The van der Waals surface area contributed by atoms with Crippen molar-refractivity contribution in [2.24, 2.45) is 0 Å². The summed E-state index contributed by atoms with van der Waals surface area (Å²) < 4.78 is 0. The van der Waals surface area contributed by atoms with Gasteiger partial charge in [-0.05, 0) is 19.4 Å². The average Bonchev–Trinajstić information content (AvgIpc) is 2.17. The van der Waals surface area contributed by atoms with Crippen molar-refractivity contribution in [3.8, 4) is 0 Å². The van der Waals surface area contributed by atoms with Crippen molar-refractivity contribution in [3.63, 3.8) is 0 Å². The van der Waals surface area contributed by atoms with E-state index >= 15 is 0 Å². The molecule has 5 nitrogen and oxygen atoms in total. The van der Waals surface area contributed by atoms with Crippen LogP contribution < -0.4 is 0 Å². The first-order chi connectivity index (χ1) is 7.59. The molecule has 0 aliphatic rings.